The fraction of sp³-hybridized carbons (Fsp3) is 0.231. The van der Waals surface area contributed by atoms with E-state index in [4.69, 9.17) is 4.42 Å². The van der Waals surface area contributed by atoms with Gasteiger partial charge in [0, 0.05) is 11.8 Å². The maximum absolute atomic E-state index is 12.0. The maximum atomic E-state index is 12.0. The summed E-state index contributed by atoms with van der Waals surface area (Å²) in [7, 11) is 0. The third-order valence-electron chi connectivity index (χ3n) is 3.00. The molecule has 92 valence electrons. The summed E-state index contributed by atoms with van der Waals surface area (Å²) in [5.74, 6) is 1.67. The van der Waals surface area contributed by atoms with Gasteiger partial charge in [-0.3, -0.25) is 4.79 Å². The zero-order valence-electron chi connectivity index (χ0n) is 9.47. The minimum absolute atomic E-state index is 0.00185. The van der Waals surface area contributed by atoms with E-state index in [1.807, 2.05) is 24.3 Å². The normalized spacial score (nSPS) is 21.6. The van der Waals surface area contributed by atoms with E-state index in [9.17, 15) is 4.79 Å². The van der Waals surface area contributed by atoms with Crippen LogP contribution in [0.2, 0.25) is 0 Å². The lowest BCUT2D eigenvalue weighted by Crippen LogP contribution is -2.15. The number of aromatic nitrogens is 1. The van der Waals surface area contributed by atoms with Crippen molar-refractivity contribution in [2.24, 2.45) is 5.92 Å². The minimum atomic E-state index is -0.00284. The highest BCUT2D eigenvalue weighted by atomic mass is 79.9. The standard InChI is InChI=1S/C13H11BrN2O2/c14-11-4-1-5-12(15-11)16-13(17)9-7-8(9)10-3-2-6-18-10/h1-6,8-9H,7H2,(H,15,16,17)/t8-,9-/m0/s1. The molecule has 1 N–H and O–H groups in total. The summed E-state index contributed by atoms with van der Waals surface area (Å²) in [6.45, 7) is 0. The predicted molar refractivity (Wildman–Crippen MR) is 70.1 cm³/mol. The third-order valence-corrected chi connectivity index (χ3v) is 3.44. The topological polar surface area (TPSA) is 55.1 Å². The van der Waals surface area contributed by atoms with Crippen LogP contribution in [-0.4, -0.2) is 10.9 Å². The van der Waals surface area contributed by atoms with E-state index < -0.39 is 0 Å². The van der Waals surface area contributed by atoms with Crippen molar-refractivity contribution in [3.8, 4) is 0 Å². The van der Waals surface area contributed by atoms with Crippen molar-refractivity contribution in [3.05, 3.63) is 47.0 Å². The number of hydrogen-bond acceptors (Lipinski definition) is 3. The summed E-state index contributed by atoms with van der Waals surface area (Å²) in [5.41, 5.74) is 0. The number of amides is 1. The van der Waals surface area contributed by atoms with Crippen LogP contribution in [0.5, 0.6) is 0 Å². The molecule has 18 heavy (non-hydrogen) atoms. The molecule has 2 aromatic rings. The van der Waals surface area contributed by atoms with Gasteiger partial charge >= 0.3 is 0 Å². The molecule has 2 aromatic heterocycles. The predicted octanol–water partition coefficient (Wildman–Crippen LogP) is 3.18. The molecular formula is C13H11BrN2O2. The zero-order valence-corrected chi connectivity index (χ0v) is 11.1. The highest BCUT2D eigenvalue weighted by molar-refractivity contribution is 9.10. The molecule has 3 rings (SSSR count). The Labute approximate surface area is 113 Å². The summed E-state index contributed by atoms with van der Waals surface area (Å²) in [6.07, 6.45) is 2.48. The van der Waals surface area contributed by atoms with E-state index in [1.165, 1.54) is 0 Å². The summed E-state index contributed by atoms with van der Waals surface area (Å²) in [5, 5.41) is 2.81. The number of hydrogen-bond donors (Lipinski definition) is 1. The second-order valence-electron chi connectivity index (χ2n) is 4.30. The Balaban J connectivity index is 1.64. The molecule has 0 unspecified atom stereocenters. The SMILES string of the molecule is O=C(Nc1cccc(Br)n1)[C@H]1C[C@@H]1c1ccco1. The lowest BCUT2D eigenvalue weighted by atomic mass is 10.2. The Bertz CT molecular complexity index is 568. The first-order chi connectivity index (χ1) is 8.74. The first-order valence-corrected chi connectivity index (χ1v) is 6.50. The number of carbonyl (C=O) groups excluding carboxylic acids is 1. The Morgan fingerprint density at radius 2 is 2.28 bits per heavy atom. The van der Waals surface area contributed by atoms with Gasteiger partial charge in [0.05, 0.1) is 6.26 Å². The quantitative estimate of drug-likeness (QED) is 0.886. The molecular weight excluding hydrogens is 296 g/mol. The lowest BCUT2D eigenvalue weighted by Gasteiger charge is -2.03. The number of pyridine rings is 1. The minimum Gasteiger partial charge on any atom is -0.469 e. The van der Waals surface area contributed by atoms with Crippen molar-refractivity contribution in [2.75, 3.05) is 5.32 Å². The van der Waals surface area contributed by atoms with Crippen molar-refractivity contribution in [1.29, 1.82) is 0 Å². The molecule has 1 amide bonds. The molecule has 2 atom stereocenters. The maximum Gasteiger partial charge on any atom is 0.229 e. The first kappa shape index (κ1) is 11.5. The van der Waals surface area contributed by atoms with Crippen LogP contribution < -0.4 is 5.32 Å². The number of furan rings is 1. The summed E-state index contributed by atoms with van der Waals surface area (Å²) < 4.78 is 6.01. The van der Waals surface area contributed by atoms with Crippen LogP contribution in [0.25, 0.3) is 0 Å². The van der Waals surface area contributed by atoms with Gasteiger partial charge in [0.15, 0.2) is 0 Å². The highest BCUT2D eigenvalue weighted by Gasteiger charge is 2.45. The number of carbonyl (C=O) groups is 1. The fourth-order valence-corrected chi connectivity index (χ4v) is 2.34. The van der Waals surface area contributed by atoms with Crippen LogP contribution in [0.15, 0.2) is 45.6 Å². The Morgan fingerprint density at radius 1 is 1.39 bits per heavy atom. The van der Waals surface area contributed by atoms with Crippen LogP contribution in [0.1, 0.15) is 18.1 Å². The smallest absolute Gasteiger partial charge is 0.229 e. The summed E-state index contributed by atoms with van der Waals surface area (Å²) in [4.78, 5) is 16.2. The van der Waals surface area contributed by atoms with Crippen molar-refractivity contribution in [2.45, 2.75) is 12.3 Å². The van der Waals surface area contributed by atoms with E-state index in [0.717, 1.165) is 12.2 Å². The molecule has 0 radical (unpaired) electrons. The number of rotatable bonds is 3. The van der Waals surface area contributed by atoms with Crippen LogP contribution in [-0.2, 0) is 4.79 Å². The molecule has 0 aliphatic heterocycles. The lowest BCUT2D eigenvalue weighted by molar-refractivity contribution is -0.117. The van der Waals surface area contributed by atoms with E-state index in [-0.39, 0.29) is 17.7 Å². The number of nitrogens with one attached hydrogen (secondary N) is 1. The van der Waals surface area contributed by atoms with Crippen molar-refractivity contribution >= 4 is 27.7 Å². The molecule has 0 aromatic carbocycles. The average Bonchev–Trinajstić information content (AvgIpc) is 2.96. The van der Waals surface area contributed by atoms with Gasteiger partial charge in [0.1, 0.15) is 16.2 Å². The molecule has 1 saturated carbocycles. The van der Waals surface area contributed by atoms with Crippen LogP contribution in [0.4, 0.5) is 5.82 Å². The van der Waals surface area contributed by atoms with Gasteiger partial charge < -0.3 is 9.73 Å². The van der Waals surface area contributed by atoms with E-state index in [2.05, 4.69) is 26.2 Å². The Hall–Kier alpha value is -1.62. The fourth-order valence-electron chi connectivity index (χ4n) is 2.00. The summed E-state index contributed by atoms with van der Waals surface area (Å²) >= 11 is 3.27. The van der Waals surface area contributed by atoms with E-state index in [0.29, 0.717) is 10.4 Å². The average molecular weight is 307 g/mol. The van der Waals surface area contributed by atoms with Gasteiger partial charge in [0.2, 0.25) is 5.91 Å². The van der Waals surface area contributed by atoms with E-state index in [1.54, 1.807) is 12.3 Å². The molecule has 4 nitrogen and oxygen atoms in total. The molecule has 5 heteroatoms. The zero-order chi connectivity index (χ0) is 12.5. The Morgan fingerprint density at radius 3 is 3.00 bits per heavy atom. The van der Waals surface area contributed by atoms with Gasteiger partial charge in [-0.2, -0.15) is 0 Å². The van der Waals surface area contributed by atoms with Gasteiger partial charge in [-0.25, -0.2) is 4.98 Å². The van der Waals surface area contributed by atoms with Crippen LogP contribution >= 0.6 is 15.9 Å². The molecule has 2 heterocycles. The third kappa shape index (κ3) is 2.31. The largest absolute Gasteiger partial charge is 0.469 e. The van der Waals surface area contributed by atoms with E-state index >= 15 is 0 Å². The number of anilines is 1. The molecule has 1 aliphatic rings. The van der Waals surface area contributed by atoms with Gasteiger partial charge in [-0.15, -0.1) is 0 Å². The van der Waals surface area contributed by atoms with Crippen LogP contribution in [0.3, 0.4) is 0 Å². The molecule has 1 fully saturated rings. The highest BCUT2D eigenvalue weighted by Crippen LogP contribution is 2.48. The van der Waals surface area contributed by atoms with Crippen molar-refractivity contribution in [3.63, 3.8) is 0 Å². The van der Waals surface area contributed by atoms with Gasteiger partial charge in [-0.05, 0) is 46.6 Å². The molecule has 1 aliphatic carbocycles. The number of halogens is 1. The van der Waals surface area contributed by atoms with Crippen molar-refractivity contribution < 1.29 is 9.21 Å². The Kier molecular flexibility index (Phi) is 2.91. The van der Waals surface area contributed by atoms with Crippen LogP contribution in [0, 0.1) is 5.92 Å². The van der Waals surface area contributed by atoms with Crippen molar-refractivity contribution in [1.82, 2.24) is 4.98 Å². The number of nitrogens with zero attached hydrogens (tertiary/aromatic N) is 1. The molecule has 0 spiro atoms. The van der Waals surface area contributed by atoms with Gasteiger partial charge in [0.25, 0.3) is 0 Å². The summed E-state index contributed by atoms with van der Waals surface area (Å²) in [6, 6.07) is 9.18. The van der Waals surface area contributed by atoms with Gasteiger partial charge in [-0.1, -0.05) is 6.07 Å². The first-order valence-electron chi connectivity index (χ1n) is 5.71. The second kappa shape index (κ2) is 4.57. The second-order valence-corrected chi connectivity index (χ2v) is 5.11. The molecule has 0 bridgehead atoms. The monoisotopic (exact) mass is 306 g/mol. The molecule has 0 saturated heterocycles.